The van der Waals surface area contributed by atoms with Gasteiger partial charge < -0.3 is 9.15 Å². The standard InChI is InChI=1S/C15H14F2N2O4/c1-8-7-11(9(2)22-8)14(21)19-18-13(20)10-5-3-4-6-12(10)23-15(16)17/h3-7,15H,1-2H3,(H,18,20)(H,19,21). The monoisotopic (exact) mass is 324 g/mol. The zero-order valence-electron chi connectivity index (χ0n) is 12.4. The Bertz CT molecular complexity index is 728. The number of carbonyl (C=O) groups is 2. The van der Waals surface area contributed by atoms with Gasteiger partial charge in [-0.3, -0.25) is 20.4 Å². The molecule has 0 saturated heterocycles. The second-order valence-corrected chi connectivity index (χ2v) is 4.61. The molecule has 2 N–H and O–H groups in total. The summed E-state index contributed by atoms with van der Waals surface area (Å²) in [7, 11) is 0. The Hall–Kier alpha value is -2.90. The molecule has 0 aliphatic carbocycles. The molecule has 2 aromatic rings. The lowest BCUT2D eigenvalue weighted by Gasteiger charge is -2.11. The van der Waals surface area contributed by atoms with Crippen molar-refractivity contribution in [1.82, 2.24) is 10.9 Å². The minimum atomic E-state index is -3.06. The van der Waals surface area contributed by atoms with E-state index in [0.717, 1.165) is 0 Å². The second-order valence-electron chi connectivity index (χ2n) is 4.61. The molecule has 0 radical (unpaired) electrons. The SMILES string of the molecule is Cc1cc(C(=O)NNC(=O)c2ccccc2OC(F)F)c(C)o1. The first-order chi connectivity index (χ1) is 10.9. The van der Waals surface area contributed by atoms with Crippen LogP contribution in [0.4, 0.5) is 8.78 Å². The Balaban J connectivity index is 2.05. The highest BCUT2D eigenvalue weighted by molar-refractivity contribution is 6.00. The maximum absolute atomic E-state index is 12.3. The third-order valence-corrected chi connectivity index (χ3v) is 2.92. The molecule has 0 saturated carbocycles. The summed E-state index contributed by atoms with van der Waals surface area (Å²) >= 11 is 0. The van der Waals surface area contributed by atoms with E-state index in [1.807, 2.05) is 0 Å². The fourth-order valence-corrected chi connectivity index (χ4v) is 1.96. The number of alkyl halides is 2. The average Bonchev–Trinajstić information content (AvgIpc) is 2.83. The number of hydrogen-bond acceptors (Lipinski definition) is 4. The molecular formula is C15H14F2N2O4. The van der Waals surface area contributed by atoms with E-state index < -0.39 is 18.4 Å². The highest BCUT2D eigenvalue weighted by atomic mass is 19.3. The van der Waals surface area contributed by atoms with Crippen molar-refractivity contribution in [1.29, 1.82) is 0 Å². The summed E-state index contributed by atoms with van der Waals surface area (Å²) in [5, 5.41) is 0. The van der Waals surface area contributed by atoms with Gasteiger partial charge in [-0.2, -0.15) is 8.78 Å². The number of hydrazine groups is 1. The number of nitrogens with one attached hydrogen (secondary N) is 2. The van der Waals surface area contributed by atoms with Crippen LogP contribution < -0.4 is 15.6 Å². The normalized spacial score (nSPS) is 10.5. The van der Waals surface area contributed by atoms with Gasteiger partial charge in [-0.05, 0) is 32.0 Å². The van der Waals surface area contributed by atoms with E-state index >= 15 is 0 Å². The first kappa shape index (κ1) is 16.5. The van der Waals surface area contributed by atoms with Crippen molar-refractivity contribution < 1.29 is 27.5 Å². The number of aryl methyl sites for hydroxylation is 2. The molecule has 23 heavy (non-hydrogen) atoms. The first-order valence-electron chi connectivity index (χ1n) is 6.60. The van der Waals surface area contributed by atoms with Crippen molar-refractivity contribution in [2.24, 2.45) is 0 Å². The zero-order chi connectivity index (χ0) is 17.0. The molecule has 122 valence electrons. The van der Waals surface area contributed by atoms with Gasteiger partial charge in [0.15, 0.2) is 0 Å². The predicted octanol–water partition coefficient (Wildman–Crippen LogP) is 2.57. The molecule has 1 heterocycles. The number of furan rings is 1. The fraction of sp³-hybridized carbons (Fsp3) is 0.200. The third kappa shape index (κ3) is 4.06. The van der Waals surface area contributed by atoms with Crippen LogP contribution in [0, 0.1) is 13.8 Å². The van der Waals surface area contributed by atoms with Crippen LogP contribution in [0.1, 0.15) is 32.2 Å². The van der Waals surface area contributed by atoms with Gasteiger partial charge in [0, 0.05) is 0 Å². The molecule has 0 aliphatic heterocycles. The predicted molar refractivity (Wildman–Crippen MR) is 76.2 cm³/mol. The Morgan fingerprint density at radius 2 is 1.70 bits per heavy atom. The summed E-state index contributed by atoms with van der Waals surface area (Å²) < 4.78 is 34.1. The van der Waals surface area contributed by atoms with Gasteiger partial charge in [-0.25, -0.2) is 0 Å². The van der Waals surface area contributed by atoms with Crippen LogP contribution in [0.15, 0.2) is 34.7 Å². The molecule has 0 atom stereocenters. The first-order valence-corrected chi connectivity index (χ1v) is 6.60. The number of hydrogen-bond donors (Lipinski definition) is 2. The van der Waals surface area contributed by atoms with Gasteiger partial charge in [-0.1, -0.05) is 12.1 Å². The van der Waals surface area contributed by atoms with E-state index in [9.17, 15) is 18.4 Å². The van der Waals surface area contributed by atoms with E-state index in [1.54, 1.807) is 13.8 Å². The maximum Gasteiger partial charge on any atom is 0.387 e. The summed E-state index contributed by atoms with van der Waals surface area (Å²) in [6.45, 7) is 0.227. The zero-order valence-corrected chi connectivity index (χ0v) is 12.4. The van der Waals surface area contributed by atoms with E-state index in [0.29, 0.717) is 11.5 Å². The molecule has 6 nitrogen and oxygen atoms in total. The maximum atomic E-state index is 12.3. The van der Waals surface area contributed by atoms with Crippen molar-refractivity contribution in [2.75, 3.05) is 0 Å². The highest BCUT2D eigenvalue weighted by Crippen LogP contribution is 2.20. The van der Waals surface area contributed by atoms with Gasteiger partial charge in [0.05, 0.1) is 11.1 Å². The summed E-state index contributed by atoms with van der Waals surface area (Å²) in [5.74, 6) is -0.706. The van der Waals surface area contributed by atoms with Crippen molar-refractivity contribution in [3.63, 3.8) is 0 Å². The van der Waals surface area contributed by atoms with Crippen LogP contribution in [0.25, 0.3) is 0 Å². The van der Waals surface area contributed by atoms with Gasteiger partial charge >= 0.3 is 6.61 Å². The largest absolute Gasteiger partial charge is 0.466 e. The summed E-state index contributed by atoms with van der Waals surface area (Å²) in [4.78, 5) is 23.9. The van der Waals surface area contributed by atoms with Crippen LogP contribution in [0.2, 0.25) is 0 Å². The quantitative estimate of drug-likeness (QED) is 0.847. The second kappa shape index (κ2) is 6.91. The molecular weight excluding hydrogens is 310 g/mol. The molecule has 8 heteroatoms. The lowest BCUT2D eigenvalue weighted by molar-refractivity contribution is -0.0501. The van der Waals surface area contributed by atoms with Crippen molar-refractivity contribution in [3.05, 3.63) is 53.0 Å². The number of amides is 2. The van der Waals surface area contributed by atoms with Gasteiger partial charge in [0.1, 0.15) is 17.3 Å². The molecule has 1 aromatic carbocycles. The Labute approximate surface area is 130 Å². The minimum absolute atomic E-state index is 0.131. The summed E-state index contributed by atoms with van der Waals surface area (Å²) in [5.41, 5.74) is 4.47. The Morgan fingerprint density at radius 1 is 1.09 bits per heavy atom. The summed E-state index contributed by atoms with van der Waals surface area (Å²) in [6, 6.07) is 6.98. The van der Waals surface area contributed by atoms with Gasteiger partial charge in [-0.15, -0.1) is 0 Å². The number of halogens is 2. The molecule has 2 amide bonds. The van der Waals surface area contributed by atoms with E-state index in [4.69, 9.17) is 4.42 Å². The number of carbonyl (C=O) groups excluding carboxylic acids is 2. The van der Waals surface area contributed by atoms with Gasteiger partial charge in [0.2, 0.25) is 0 Å². The van der Waals surface area contributed by atoms with Crippen LogP contribution in [-0.4, -0.2) is 18.4 Å². The number of para-hydroxylation sites is 1. The molecule has 0 unspecified atom stereocenters. The molecule has 0 bridgehead atoms. The molecule has 0 spiro atoms. The van der Waals surface area contributed by atoms with E-state index in [2.05, 4.69) is 15.6 Å². The molecule has 2 rings (SSSR count). The van der Waals surface area contributed by atoms with E-state index in [1.165, 1.54) is 30.3 Å². The number of rotatable bonds is 4. The number of ether oxygens (including phenoxy) is 1. The number of benzene rings is 1. The average molecular weight is 324 g/mol. The fourth-order valence-electron chi connectivity index (χ4n) is 1.96. The molecule has 0 aliphatic rings. The van der Waals surface area contributed by atoms with Crippen LogP contribution in [0.3, 0.4) is 0 Å². The molecule has 0 fully saturated rings. The third-order valence-electron chi connectivity index (χ3n) is 2.92. The lowest BCUT2D eigenvalue weighted by atomic mass is 10.2. The highest BCUT2D eigenvalue weighted by Gasteiger charge is 2.17. The lowest BCUT2D eigenvalue weighted by Crippen LogP contribution is -2.41. The van der Waals surface area contributed by atoms with Crippen molar-refractivity contribution in [3.8, 4) is 5.75 Å². The van der Waals surface area contributed by atoms with Gasteiger partial charge in [0.25, 0.3) is 11.8 Å². The summed E-state index contributed by atoms with van der Waals surface area (Å²) in [6.07, 6.45) is 0. The van der Waals surface area contributed by atoms with Crippen LogP contribution >= 0.6 is 0 Å². The topological polar surface area (TPSA) is 80.6 Å². The van der Waals surface area contributed by atoms with Crippen LogP contribution in [0.5, 0.6) is 5.75 Å². The van der Waals surface area contributed by atoms with Crippen LogP contribution in [-0.2, 0) is 0 Å². The van der Waals surface area contributed by atoms with Crippen molar-refractivity contribution >= 4 is 11.8 Å². The Kier molecular flexibility index (Phi) is 4.95. The minimum Gasteiger partial charge on any atom is -0.466 e. The Morgan fingerprint density at radius 3 is 2.26 bits per heavy atom. The van der Waals surface area contributed by atoms with E-state index in [-0.39, 0.29) is 16.9 Å². The smallest absolute Gasteiger partial charge is 0.387 e. The molecule has 1 aromatic heterocycles. The van der Waals surface area contributed by atoms with Crippen molar-refractivity contribution in [2.45, 2.75) is 20.5 Å².